The quantitative estimate of drug-likeness (QED) is 0.729. The topological polar surface area (TPSA) is 55.9 Å². The minimum absolute atomic E-state index is 0.0627. The first kappa shape index (κ1) is 21.8. The number of para-hydroxylation sites is 1. The molecule has 1 fully saturated rings. The predicted octanol–water partition coefficient (Wildman–Crippen LogP) is 2.53. The Morgan fingerprint density at radius 3 is 2.17 bits per heavy atom. The monoisotopic (exact) mass is 408 g/mol. The van der Waals surface area contributed by atoms with Gasteiger partial charge >= 0.3 is 0 Å². The van der Waals surface area contributed by atoms with Gasteiger partial charge in [-0.05, 0) is 31.3 Å². The van der Waals surface area contributed by atoms with E-state index in [1.165, 1.54) is 5.69 Å². The average molecular weight is 409 g/mol. The molecule has 1 atom stereocenters. The second kappa shape index (κ2) is 10.8. The van der Waals surface area contributed by atoms with Gasteiger partial charge in [-0.2, -0.15) is 0 Å². The van der Waals surface area contributed by atoms with Gasteiger partial charge in [-0.3, -0.25) is 14.5 Å². The largest absolute Gasteiger partial charge is 0.368 e. The molecule has 1 heterocycles. The molecule has 0 bridgehead atoms. The summed E-state index contributed by atoms with van der Waals surface area (Å²) in [6.45, 7) is 6.25. The highest BCUT2D eigenvalue weighted by molar-refractivity contribution is 5.84. The molecule has 0 saturated carbocycles. The van der Waals surface area contributed by atoms with E-state index < -0.39 is 0 Å². The van der Waals surface area contributed by atoms with E-state index in [9.17, 15) is 9.59 Å². The van der Waals surface area contributed by atoms with Crippen LogP contribution in [0.4, 0.5) is 5.69 Å². The lowest BCUT2D eigenvalue weighted by Gasteiger charge is -2.36. The zero-order valence-corrected chi connectivity index (χ0v) is 18.0. The second-order valence-electron chi connectivity index (χ2n) is 7.63. The number of rotatable bonds is 8. The maximum absolute atomic E-state index is 12.8. The van der Waals surface area contributed by atoms with Crippen molar-refractivity contribution >= 4 is 17.5 Å². The summed E-state index contributed by atoms with van der Waals surface area (Å²) in [6.07, 6.45) is 0.328. The molecule has 1 aliphatic heterocycles. The summed E-state index contributed by atoms with van der Waals surface area (Å²) in [4.78, 5) is 31.6. The molecule has 2 aromatic carbocycles. The highest BCUT2D eigenvalue weighted by Crippen LogP contribution is 2.19. The highest BCUT2D eigenvalue weighted by atomic mass is 16.2. The number of hydrogen-bond donors (Lipinski definition) is 1. The number of carbonyl (C=O) groups excluding carboxylic acids is 2. The van der Waals surface area contributed by atoms with Crippen molar-refractivity contribution in [1.29, 1.82) is 0 Å². The van der Waals surface area contributed by atoms with Gasteiger partial charge in [-0.1, -0.05) is 55.5 Å². The van der Waals surface area contributed by atoms with Crippen LogP contribution in [0.15, 0.2) is 60.7 Å². The van der Waals surface area contributed by atoms with E-state index in [0.29, 0.717) is 26.1 Å². The molecule has 0 aromatic heterocycles. The van der Waals surface area contributed by atoms with Crippen LogP contribution >= 0.6 is 0 Å². The van der Waals surface area contributed by atoms with Crippen LogP contribution in [0.25, 0.3) is 0 Å². The summed E-state index contributed by atoms with van der Waals surface area (Å²) in [5.41, 5.74) is 2.16. The summed E-state index contributed by atoms with van der Waals surface area (Å²) in [5, 5.41) is 2.96. The van der Waals surface area contributed by atoms with Gasteiger partial charge in [0.25, 0.3) is 0 Å². The van der Waals surface area contributed by atoms with Crippen LogP contribution in [0.5, 0.6) is 0 Å². The summed E-state index contributed by atoms with van der Waals surface area (Å²) < 4.78 is 0. The third kappa shape index (κ3) is 5.60. The smallest absolute Gasteiger partial charge is 0.241 e. The lowest BCUT2D eigenvalue weighted by Crippen LogP contribution is -2.49. The zero-order chi connectivity index (χ0) is 21.3. The van der Waals surface area contributed by atoms with Gasteiger partial charge in [-0.15, -0.1) is 0 Å². The maximum atomic E-state index is 12.8. The molecule has 0 aliphatic carbocycles. The number of piperazine rings is 1. The molecule has 1 aliphatic rings. The Bertz CT molecular complexity index is 804. The Hall–Kier alpha value is -2.86. The third-order valence-electron chi connectivity index (χ3n) is 5.70. The Morgan fingerprint density at radius 2 is 1.57 bits per heavy atom. The second-order valence-corrected chi connectivity index (χ2v) is 7.63. The lowest BCUT2D eigenvalue weighted by atomic mass is 10.0. The van der Waals surface area contributed by atoms with Crippen LogP contribution in [0.2, 0.25) is 0 Å². The lowest BCUT2D eigenvalue weighted by molar-refractivity contribution is -0.131. The fourth-order valence-electron chi connectivity index (χ4n) is 3.82. The summed E-state index contributed by atoms with van der Waals surface area (Å²) >= 11 is 0. The summed E-state index contributed by atoms with van der Waals surface area (Å²) in [6, 6.07) is 19.7. The van der Waals surface area contributed by atoms with Crippen molar-refractivity contribution in [2.45, 2.75) is 19.4 Å². The Balaban J connectivity index is 1.46. The molecule has 0 radical (unpaired) electrons. The number of amides is 2. The van der Waals surface area contributed by atoms with Crippen molar-refractivity contribution in [2.24, 2.45) is 0 Å². The van der Waals surface area contributed by atoms with Crippen LogP contribution in [0, 0.1) is 0 Å². The standard InChI is InChI=1S/C24H32N4O2/c1-3-26(2)23(20-10-6-4-7-11-20)24(30)25-15-14-22(29)28-18-16-27(17-19-28)21-12-8-5-9-13-21/h4-13,23H,3,14-19H2,1-2H3,(H,25,30). The fraction of sp³-hybridized carbons (Fsp3) is 0.417. The Morgan fingerprint density at radius 1 is 0.967 bits per heavy atom. The van der Waals surface area contributed by atoms with Crippen LogP contribution in [-0.4, -0.2) is 67.9 Å². The number of hydrogen-bond acceptors (Lipinski definition) is 4. The molecule has 160 valence electrons. The average Bonchev–Trinajstić information content (AvgIpc) is 2.80. The van der Waals surface area contributed by atoms with Gasteiger partial charge in [0.05, 0.1) is 0 Å². The first-order valence-electron chi connectivity index (χ1n) is 10.7. The Labute approximate surface area is 179 Å². The molecular formula is C24H32N4O2. The van der Waals surface area contributed by atoms with Gasteiger partial charge in [-0.25, -0.2) is 0 Å². The number of nitrogens with zero attached hydrogens (tertiary/aromatic N) is 3. The van der Waals surface area contributed by atoms with Gasteiger partial charge in [0, 0.05) is 44.8 Å². The molecule has 0 spiro atoms. The van der Waals surface area contributed by atoms with Crippen LogP contribution < -0.4 is 10.2 Å². The predicted molar refractivity (Wildman–Crippen MR) is 120 cm³/mol. The Kier molecular flexibility index (Phi) is 7.85. The van der Waals surface area contributed by atoms with E-state index in [1.54, 1.807) is 0 Å². The van der Waals surface area contributed by atoms with Crippen molar-refractivity contribution in [3.63, 3.8) is 0 Å². The van der Waals surface area contributed by atoms with E-state index in [-0.39, 0.29) is 17.9 Å². The van der Waals surface area contributed by atoms with E-state index in [0.717, 1.165) is 25.2 Å². The number of carbonyl (C=O) groups is 2. The van der Waals surface area contributed by atoms with Gasteiger partial charge in [0.15, 0.2) is 0 Å². The molecule has 6 heteroatoms. The minimum Gasteiger partial charge on any atom is -0.368 e. The fourth-order valence-corrected chi connectivity index (χ4v) is 3.82. The molecule has 1 N–H and O–H groups in total. The molecule has 2 aromatic rings. The van der Waals surface area contributed by atoms with Crippen molar-refractivity contribution in [3.05, 3.63) is 66.2 Å². The molecule has 2 amide bonds. The molecule has 6 nitrogen and oxygen atoms in total. The number of nitrogens with one attached hydrogen (secondary N) is 1. The first-order valence-corrected chi connectivity index (χ1v) is 10.7. The number of likely N-dealkylation sites (N-methyl/N-ethyl adjacent to an activating group) is 1. The first-order chi connectivity index (χ1) is 14.6. The highest BCUT2D eigenvalue weighted by Gasteiger charge is 2.25. The van der Waals surface area contributed by atoms with Crippen molar-refractivity contribution in [2.75, 3.05) is 51.2 Å². The van der Waals surface area contributed by atoms with Crippen molar-refractivity contribution in [3.8, 4) is 0 Å². The van der Waals surface area contributed by atoms with Crippen molar-refractivity contribution in [1.82, 2.24) is 15.1 Å². The minimum atomic E-state index is -0.347. The van der Waals surface area contributed by atoms with Crippen LogP contribution in [0.1, 0.15) is 24.9 Å². The maximum Gasteiger partial charge on any atom is 0.241 e. The SMILES string of the molecule is CCN(C)C(C(=O)NCCC(=O)N1CCN(c2ccccc2)CC1)c1ccccc1. The van der Waals surface area contributed by atoms with Gasteiger partial charge in [0.1, 0.15) is 6.04 Å². The zero-order valence-electron chi connectivity index (χ0n) is 18.0. The van der Waals surface area contributed by atoms with Crippen LogP contribution in [-0.2, 0) is 9.59 Å². The summed E-state index contributed by atoms with van der Waals surface area (Å²) in [7, 11) is 1.94. The van der Waals surface area contributed by atoms with E-state index in [1.807, 2.05) is 72.3 Å². The molecule has 3 rings (SSSR count). The third-order valence-corrected chi connectivity index (χ3v) is 5.70. The summed E-state index contributed by atoms with van der Waals surface area (Å²) in [5.74, 6) is 0.0374. The number of benzene rings is 2. The van der Waals surface area contributed by atoms with E-state index >= 15 is 0 Å². The molecule has 30 heavy (non-hydrogen) atoms. The number of anilines is 1. The van der Waals surface area contributed by atoms with E-state index in [4.69, 9.17) is 0 Å². The van der Waals surface area contributed by atoms with E-state index in [2.05, 4.69) is 22.3 Å². The van der Waals surface area contributed by atoms with Gasteiger partial charge < -0.3 is 15.1 Å². The van der Waals surface area contributed by atoms with Crippen LogP contribution in [0.3, 0.4) is 0 Å². The van der Waals surface area contributed by atoms with Gasteiger partial charge in [0.2, 0.25) is 11.8 Å². The molecule has 1 unspecified atom stereocenters. The molecular weight excluding hydrogens is 376 g/mol. The molecule has 1 saturated heterocycles. The van der Waals surface area contributed by atoms with Crippen molar-refractivity contribution < 1.29 is 9.59 Å². The normalized spacial score (nSPS) is 15.2.